The molecule has 0 spiro atoms. The van der Waals surface area contributed by atoms with Crippen LogP contribution in [0.15, 0.2) is 30.3 Å². The number of nitrogens with two attached hydrogens (primary N) is 1. The lowest BCUT2D eigenvalue weighted by Crippen LogP contribution is -2.46. The van der Waals surface area contributed by atoms with Gasteiger partial charge in [0.2, 0.25) is 0 Å². The minimum Gasteiger partial charge on any atom is -0.547 e. The Labute approximate surface area is 114 Å². The smallest absolute Gasteiger partial charge is 0.335 e. The van der Waals surface area contributed by atoms with Crippen molar-refractivity contribution in [2.75, 3.05) is 0 Å². The Morgan fingerprint density at radius 1 is 1.20 bits per heavy atom. The molecule has 0 aliphatic heterocycles. The first-order valence-corrected chi connectivity index (χ1v) is 5.31. The van der Waals surface area contributed by atoms with Crippen LogP contribution in [0.2, 0.25) is 0 Å². The minimum atomic E-state index is -2.38. The second-order valence-electron chi connectivity index (χ2n) is 3.56. The average molecular weight is 281 g/mol. The van der Waals surface area contributed by atoms with E-state index in [0.717, 1.165) is 5.56 Å². The molecule has 8 heteroatoms. The molecule has 1 aromatic rings. The van der Waals surface area contributed by atoms with Gasteiger partial charge in [0.05, 0.1) is 12.0 Å². The number of aliphatic hydroxyl groups is 2. The molecular formula is C12H13N2O6-. The van der Waals surface area contributed by atoms with Crippen LogP contribution in [-0.4, -0.2) is 39.5 Å². The van der Waals surface area contributed by atoms with E-state index in [9.17, 15) is 14.7 Å². The second-order valence-corrected chi connectivity index (χ2v) is 3.56. The van der Waals surface area contributed by atoms with Gasteiger partial charge in [0.25, 0.3) is 0 Å². The van der Waals surface area contributed by atoms with Crippen LogP contribution < -0.4 is 10.8 Å². The first kappa shape index (κ1) is 17.5. The van der Waals surface area contributed by atoms with Gasteiger partial charge in [-0.05, 0) is 5.56 Å². The molecule has 1 rings (SSSR count). The summed E-state index contributed by atoms with van der Waals surface area (Å²) in [5.41, 5.74) is 6.30. The van der Waals surface area contributed by atoms with E-state index in [1.807, 2.05) is 36.4 Å². The SMILES string of the molecule is N#C[C@H](N)c1ccccc1.O=C([O-])[C@H](O)[C@@H](O)C(=O)O. The number of aliphatic hydroxyl groups excluding tert-OH is 2. The molecule has 1 aromatic carbocycles. The number of rotatable bonds is 4. The topological polar surface area (TPSA) is 168 Å². The summed E-state index contributed by atoms with van der Waals surface area (Å²) in [4.78, 5) is 19.4. The Kier molecular flexibility index (Phi) is 7.54. The zero-order valence-electron chi connectivity index (χ0n) is 10.2. The van der Waals surface area contributed by atoms with Crippen molar-refractivity contribution in [1.29, 1.82) is 5.26 Å². The average Bonchev–Trinajstić information content (AvgIpc) is 2.46. The number of carbonyl (C=O) groups is 2. The lowest BCUT2D eigenvalue weighted by molar-refractivity contribution is -0.318. The van der Waals surface area contributed by atoms with E-state index in [1.54, 1.807) is 0 Å². The first-order valence-electron chi connectivity index (χ1n) is 5.31. The van der Waals surface area contributed by atoms with Crippen molar-refractivity contribution in [3.63, 3.8) is 0 Å². The summed E-state index contributed by atoms with van der Waals surface area (Å²) in [5, 5.41) is 42.5. The number of nitrogens with zero attached hydrogens (tertiary/aromatic N) is 1. The maximum Gasteiger partial charge on any atom is 0.335 e. The summed E-state index contributed by atoms with van der Waals surface area (Å²) >= 11 is 0. The van der Waals surface area contributed by atoms with Crippen molar-refractivity contribution < 1.29 is 30.0 Å². The van der Waals surface area contributed by atoms with Gasteiger partial charge in [-0.25, -0.2) is 4.79 Å². The predicted molar refractivity (Wildman–Crippen MR) is 63.6 cm³/mol. The molecule has 0 radical (unpaired) electrons. The minimum absolute atomic E-state index is 0.485. The van der Waals surface area contributed by atoms with Gasteiger partial charge in [-0.15, -0.1) is 0 Å². The maximum absolute atomic E-state index is 9.74. The van der Waals surface area contributed by atoms with Crippen LogP contribution in [0.25, 0.3) is 0 Å². The Morgan fingerprint density at radius 2 is 1.70 bits per heavy atom. The van der Waals surface area contributed by atoms with Gasteiger partial charge in [0.15, 0.2) is 6.10 Å². The predicted octanol–water partition coefficient (Wildman–Crippen LogP) is -2.25. The Morgan fingerprint density at radius 3 is 2.00 bits per heavy atom. The molecule has 0 amide bonds. The van der Waals surface area contributed by atoms with E-state index >= 15 is 0 Å². The van der Waals surface area contributed by atoms with Crippen molar-refractivity contribution in [1.82, 2.24) is 0 Å². The number of carboxylic acid groups (broad SMARTS) is 2. The van der Waals surface area contributed by atoms with E-state index in [0.29, 0.717) is 0 Å². The molecule has 20 heavy (non-hydrogen) atoms. The molecule has 0 aliphatic rings. The second kappa shape index (κ2) is 8.60. The van der Waals surface area contributed by atoms with Gasteiger partial charge in [-0.1, -0.05) is 30.3 Å². The summed E-state index contributed by atoms with van der Waals surface area (Å²) in [6.45, 7) is 0. The molecule has 3 atom stereocenters. The number of hydrogen-bond donors (Lipinski definition) is 4. The van der Waals surface area contributed by atoms with Crippen molar-refractivity contribution in [3.8, 4) is 6.07 Å². The third-order valence-corrected chi connectivity index (χ3v) is 2.09. The molecule has 0 saturated carbocycles. The van der Waals surface area contributed by atoms with Crippen LogP contribution in [0.5, 0.6) is 0 Å². The summed E-state index contributed by atoms with van der Waals surface area (Å²) in [5.74, 6) is -3.83. The first-order chi connectivity index (χ1) is 9.31. The van der Waals surface area contributed by atoms with E-state index in [4.69, 9.17) is 26.3 Å². The van der Waals surface area contributed by atoms with Crippen LogP contribution in [0.3, 0.4) is 0 Å². The Bertz CT molecular complexity index is 466. The monoisotopic (exact) mass is 281 g/mol. The number of carbonyl (C=O) groups excluding carboxylic acids is 1. The summed E-state index contributed by atoms with van der Waals surface area (Å²) < 4.78 is 0. The summed E-state index contributed by atoms with van der Waals surface area (Å²) in [6, 6.07) is 10.8. The van der Waals surface area contributed by atoms with Crippen LogP contribution >= 0.6 is 0 Å². The number of aliphatic carboxylic acids is 2. The number of hydrogen-bond acceptors (Lipinski definition) is 7. The highest BCUT2D eigenvalue weighted by molar-refractivity contribution is 5.82. The highest BCUT2D eigenvalue weighted by Crippen LogP contribution is 2.06. The van der Waals surface area contributed by atoms with E-state index in [2.05, 4.69) is 0 Å². The molecule has 8 nitrogen and oxygen atoms in total. The van der Waals surface area contributed by atoms with Crippen LogP contribution in [0.4, 0.5) is 0 Å². The van der Waals surface area contributed by atoms with Gasteiger partial charge in [-0.3, -0.25) is 0 Å². The standard InChI is InChI=1S/C8H8N2.C4H6O6/c9-6-8(10)7-4-2-1-3-5-7;5-1(3(7)8)2(6)4(9)10/h1-5,8H,10H2;1-2,5-6H,(H,7,8)(H,9,10)/p-1/t8-;1-,2-/m01/s1. The zero-order chi connectivity index (χ0) is 15.7. The molecule has 0 unspecified atom stereocenters. The fraction of sp³-hybridized carbons (Fsp3) is 0.250. The van der Waals surface area contributed by atoms with Crippen LogP contribution in [-0.2, 0) is 9.59 Å². The third-order valence-electron chi connectivity index (χ3n) is 2.09. The van der Waals surface area contributed by atoms with E-state index < -0.39 is 30.2 Å². The summed E-state index contributed by atoms with van der Waals surface area (Å²) in [7, 11) is 0. The van der Waals surface area contributed by atoms with Gasteiger partial charge in [0, 0.05) is 0 Å². The molecule has 0 saturated heterocycles. The molecule has 0 aromatic heterocycles. The Hall–Kier alpha value is -2.47. The van der Waals surface area contributed by atoms with Gasteiger partial charge < -0.3 is 31.0 Å². The number of nitriles is 1. The van der Waals surface area contributed by atoms with Crippen LogP contribution in [0, 0.1) is 11.3 Å². The lowest BCUT2D eigenvalue weighted by atomic mass is 10.1. The van der Waals surface area contributed by atoms with E-state index in [1.165, 1.54) is 0 Å². The van der Waals surface area contributed by atoms with E-state index in [-0.39, 0.29) is 0 Å². The molecule has 0 heterocycles. The highest BCUT2D eigenvalue weighted by Gasteiger charge is 2.23. The molecular weight excluding hydrogens is 268 g/mol. The zero-order valence-corrected chi connectivity index (χ0v) is 10.2. The number of benzene rings is 1. The van der Waals surface area contributed by atoms with Gasteiger partial charge >= 0.3 is 5.97 Å². The lowest BCUT2D eigenvalue weighted by Gasteiger charge is -2.13. The molecule has 0 fully saturated rings. The summed E-state index contributed by atoms with van der Waals surface area (Å²) in [6.07, 6.45) is -4.71. The number of carboxylic acids is 2. The quantitative estimate of drug-likeness (QED) is 0.480. The maximum atomic E-state index is 9.74. The highest BCUT2D eigenvalue weighted by atomic mass is 16.4. The van der Waals surface area contributed by atoms with Crippen LogP contribution in [0.1, 0.15) is 11.6 Å². The normalized spacial score (nSPS) is 13.9. The van der Waals surface area contributed by atoms with Crippen molar-refractivity contribution in [3.05, 3.63) is 35.9 Å². The third kappa shape index (κ3) is 5.92. The van der Waals surface area contributed by atoms with Crippen molar-refractivity contribution >= 4 is 11.9 Å². The largest absolute Gasteiger partial charge is 0.547 e. The van der Waals surface area contributed by atoms with Gasteiger partial charge in [-0.2, -0.15) is 5.26 Å². The molecule has 5 N–H and O–H groups in total. The van der Waals surface area contributed by atoms with Gasteiger partial charge in [0.1, 0.15) is 12.1 Å². The fourth-order valence-electron chi connectivity index (χ4n) is 0.999. The molecule has 0 aliphatic carbocycles. The van der Waals surface area contributed by atoms with Crippen molar-refractivity contribution in [2.24, 2.45) is 5.73 Å². The molecule has 0 bridgehead atoms. The van der Waals surface area contributed by atoms with Crippen molar-refractivity contribution in [2.45, 2.75) is 18.2 Å². The fourth-order valence-corrected chi connectivity index (χ4v) is 0.999. The Balaban J connectivity index is 0.000000361. The molecule has 108 valence electrons.